The lowest BCUT2D eigenvalue weighted by Gasteiger charge is -2.30. The Morgan fingerprint density at radius 2 is 2.17 bits per heavy atom. The molecule has 2 saturated heterocycles. The smallest absolute Gasteiger partial charge is 0.0556 e. The Balaban J connectivity index is 1.81. The highest BCUT2D eigenvalue weighted by Crippen LogP contribution is 2.26. The average Bonchev–Trinajstić information content (AvgIpc) is 2.48. The average molecular weight is 170 g/mol. The molecule has 0 spiro atoms. The number of fused-ring (bicyclic) bond motifs is 2. The Morgan fingerprint density at radius 1 is 1.33 bits per heavy atom. The number of piperidine rings is 1. The van der Waals surface area contributed by atoms with Crippen LogP contribution in [0.15, 0.2) is 0 Å². The fraction of sp³-hybridized carbons (Fsp3) is 1.00. The molecule has 3 heteroatoms. The standard InChI is InChI=1S/C9H18N2O/c12-6-3-10-9-2-5-11-4-1-8(9)7-11/h8-10,12H,1-7H2. The van der Waals surface area contributed by atoms with E-state index in [2.05, 4.69) is 10.2 Å². The summed E-state index contributed by atoms with van der Waals surface area (Å²) in [6.07, 6.45) is 2.62. The van der Waals surface area contributed by atoms with Gasteiger partial charge in [0.05, 0.1) is 6.61 Å². The molecule has 2 rings (SSSR count). The van der Waals surface area contributed by atoms with Crippen molar-refractivity contribution >= 4 is 0 Å². The number of rotatable bonds is 3. The first-order valence-electron chi connectivity index (χ1n) is 4.97. The van der Waals surface area contributed by atoms with Gasteiger partial charge in [0.1, 0.15) is 0 Å². The second-order valence-corrected chi connectivity index (χ2v) is 3.92. The summed E-state index contributed by atoms with van der Waals surface area (Å²) in [6, 6.07) is 0.677. The lowest BCUT2D eigenvalue weighted by Crippen LogP contribution is -2.44. The summed E-state index contributed by atoms with van der Waals surface area (Å²) >= 11 is 0. The molecule has 0 aromatic heterocycles. The highest BCUT2D eigenvalue weighted by molar-refractivity contribution is 4.90. The molecule has 3 unspecified atom stereocenters. The van der Waals surface area contributed by atoms with Crippen molar-refractivity contribution in [3.8, 4) is 0 Å². The van der Waals surface area contributed by atoms with Gasteiger partial charge in [0, 0.05) is 19.1 Å². The summed E-state index contributed by atoms with van der Waals surface area (Å²) in [4.78, 5) is 2.54. The van der Waals surface area contributed by atoms with E-state index in [0.717, 1.165) is 12.5 Å². The number of nitrogens with one attached hydrogen (secondary N) is 1. The van der Waals surface area contributed by atoms with Crippen molar-refractivity contribution in [3.05, 3.63) is 0 Å². The van der Waals surface area contributed by atoms with Gasteiger partial charge in [0.2, 0.25) is 0 Å². The monoisotopic (exact) mass is 170 g/mol. The van der Waals surface area contributed by atoms with Gasteiger partial charge in [-0.25, -0.2) is 0 Å². The number of hydrogen-bond donors (Lipinski definition) is 2. The molecule has 0 saturated carbocycles. The van der Waals surface area contributed by atoms with Crippen molar-refractivity contribution in [1.82, 2.24) is 10.2 Å². The molecule has 0 aromatic rings. The Labute approximate surface area is 73.8 Å². The highest BCUT2D eigenvalue weighted by atomic mass is 16.3. The minimum Gasteiger partial charge on any atom is -0.395 e. The van der Waals surface area contributed by atoms with Crippen LogP contribution in [0.5, 0.6) is 0 Å². The van der Waals surface area contributed by atoms with Crippen molar-refractivity contribution in [2.24, 2.45) is 5.92 Å². The van der Waals surface area contributed by atoms with Gasteiger partial charge in [-0.1, -0.05) is 0 Å². The molecule has 2 aliphatic heterocycles. The van der Waals surface area contributed by atoms with E-state index in [0.29, 0.717) is 6.04 Å². The second kappa shape index (κ2) is 3.73. The third kappa shape index (κ3) is 1.63. The largest absolute Gasteiger partial charge is 0.395 e. The van der Waals surface area contributed by atoms with Crippen LogP contribution in [0.25, 0.3) is 0 Å². The Bertz CT molecular complexity index is 151. The van der Waals surface area contributed by atoms with E-state index in [1.54, 1.807) is 0 Å². The molecule has 0 aromatic carbocycles. The SMILES string of the molecule is OCCNC1CCN2CCC1C2. The first-order valence-corrected chi connectivity index (χ1v) is 4.97. The summed E-state index contributed by atoms with van der Waals surface area (Å²) in [7, 11) is 0. The van der Waals surface area contributed by atoms with Crippen molar-refractivity contribution in [2.45, 2.75) is 18.9 Å². The zero-order chi connectivity index (χ0) is 8.39. The summed E-state index contributed by atoms with van der Waals surface area (Å²) in [5.41, 5.74) is 0. The van der Waals surface area contributed by atoms with Crippen molar-refractivity contribution < 1.29 is 5.11 Å². The molecule has 12 heavy (non-hydrogen) atoms. The Kier molecular flexibility index (Phi) is 2.63. The number of aliphatic hydroxyl groups excluding tert-OH is 1. The van der Waals surface area contributed by atoms with Crippen LogP contribution < -0.4 is 5.32 Å². The molecule has 2 aliphatic rings. The van der Waals surface area contributed by atoms with Gasteiger partial charge in [-0.05, 0) is 31.8 Å². The normalized spacial score (nSPS) is 40.2. The van der Waals surface area contributed by atoms with E-state index in [-0.39, 0.29) is 6.61 Å². The van der Waals surface area contributed by atoms with Gasteiger partial charge in [-0.2, -0.15) is 0 Å². The first-order chi connectivity index (χ1) is 5.90. The van der Waals surface area contributed by atoms with Crippen LogP contribution in [0, 0.1) is 5.92 Å². The highest BCUT2D eigenvalue weighted by Gasteiger charge is 2.33. The van der Waals surface area contributed by atoms with E-state index in [9.17, 15) is 0 Å². The molecular formula is C9H18N2O. The van der Waals surface area contributed by atoms with E-state index in [4.69, 9.17) is 5.11 Å². The molecule has 2 N–H and O–H groups in total. The van der Waals surface area contributed by atoms with Gasteiger partial charge in [0.15, 0.2) is 0 Å². The van der Waals surface area contributed by atoms with E-state index in [1.807, 2.05) is 0 Å². The van der Waals surface area contributed by atoms with Crippen LogP contribution in [0.3, 0.4) is 0 Å². The third-order valence-electron chi connectivity index (χ3n) is 3.15. The fourth-order valence-corrected chi connectivity index (χ4v) is 2.47. The molecule has 70 valence electrons. The summed E-state index contributed by atoms with van der Waals surface area (Å²) < 4.78 is 0. The van der Waals surface area contributed by atoms with E-state index in [1.165, 1.54) is 32.5 Å². The molecule has 0 aliphatic carbocycles. The molecule has 2 bridgehead atoms. The quantitative estimate of drug-likeness (QED) is 0.608. The summed E-state index contributed by atoms with van der Waals surface area (Å²) in [5.74, 6) is 0.852. The zero-order valence-electron chi connectivity index (χ0n) is 7.50. The maximum Gasteiger partial charge on any atom is 0.0556 e. The van der Waals surface area contributed by atoms with Gasteiger partial charge in [-0.15, -0.1) is 0 Å². The minimum atomic E-state index is 0.271. The molecule has 3 atom stereocenters. The van der Waals surface area contributed by atoms with Crippen LogP contribution in [0.1, 0.15) is 12.8 Å². The second-order valence-electron chi connectivity index (χ2n) is 3.92. The van der Waals surface area contributed by atoms with Crippen molar-refractivity contribution in [1.29, 1.82) is 0 Å². The van der Waals surface area contributed by atoms with Gasteiger partial charge in [-0.3, -0.25) is 0 Å². The van der Waals surface area contributed by atoms with Gasteiger partial charge >= 0.3 is 0 Å². The molecule has 2 heterocycles. The summed E-state index contributed by atoms with van der Waals surface area (Å²) in [5, 5.41) is 12.1. The van der Waals surface area contributed by atoms with Crippen molar-refractivity contribution in [3.63, 3.8) is 0 Å². The zero-order valence-corrected chi connectivity index (χ0v) is 7.50. The van der Waals surface area contributed by atoms with Crippen LogP contribution in [-0.2, 0) is 0 Å². The number of nitrogens with zero attached hydrogens (tertiary/aromatic N) is 1. The minimum absolute atomic E-state index is 0.271. The van der Waals surface area contributed by atoms with Gasteiger partial charge < -0.3 is 15.3 Å². The van der Waals surface area contributed by atoms with Crippen LogP contribution >= 0.6 is 0 Å². The molecule has 0 amide bonds. The van der Waals surface area contributed by atoms with Crippen LogP contribution in [0.4, 0.5) is 0 Å². The number of aliphatic hydroxyl groups is 1. The molecule has 0 radical (unpaired) electrons. The maximum absolute atomic E-state index is 8.69. The first kappa shape index (κ1) is 8.48. The predicted molar refractivity (Wildman–Crippen MR) is 48.0 cm³/mol. The van der Waals surface area contributed by atoms with Crippen LogP contribution in [0.2, 0.25) is 0 Å². The predicted octanol–water partition coefficient (Wildman–Crippen LogP) is -0.337. The number of hydrogen-bond acceptors (Lipinski definition) is 3. The lowest BCUT2D eigenvalue weighted by molar-refractivity contribution is 0.207. The topological polar surface area (TPSA) is 35.5 Å². The maximum atomic E-state index is 8.69. The van der Waals surface area contributed by atoms with Gasteiger partial charge in [0.25, 0.3) is 0 Å². The van der Waals surface area contributed by atoms with Crippen LogP contribution in [-0.4, -0.2) is 48.8 Å². The Hall–Kier alpha value is -0.120. The third-order valence-corrected chi connectivity index (χ3v) is 3.15. The van der Waals surface area contributed by atoms with Crippen molar-refractivity contribution in [2.75, 3.05) is 32.8 Å². The van der Waals surface area contributed by atoms with E-state index < -0.39 is 0 Å². The Morgan fingerprint density at radius 3 is 3.00 bits per heavy atom. The molecule has 3 nitrogen and oxygen atoms in total. The van der Waals surface area contributed by atoms with E-state index >= 15 is 0 Å². The summed E-state index contributed by atoms with van der Waals surface area (Å²) in [6.45, 7) is 4.86. The fourth-order valence-electron chi connectivity index (χ4n) is 2.47. The molecule has 2 fully saturated rings. The lowest BCUT2D eigenvalue weighted by atomic mass is 9.94. The molecular weight excluding hydrogens is 152 g/mol.